The fraction of sp³-hybridized carbons (Fsp3) is 0.312. The number of likely N-dealkylation sites (N-methyl/N-ethyl adjacent to an activating group) is 1. The van der Waals surface area contributed by atoms with Crippen LogP contribution < -0.4 is 5.32 Å². The van der Waals surface area contributed by atoms with Gasteiger partial charge in [0.05, 0.1) is 11.7 Å². The molecule has 0 spiro atoms. The molecule has 1 aromatic carbocycles. The lowest BCUT2D eigenvalue weighted by Crippen LogP contribution is -2.25. The lowest BCUT2D eigenvalue weighted by molar-refractivity contribution is 0.494. The Morgan fingerprint density at radius 3 is 2.68 bits per heavy atom. The Hall–Kier alpha value is -1.74. The van der Waals surface area contributed by atoms with Crippen molar-refractivity contribution in [1.82, 2.24) is 10.3 Å². The third kappa shape index (κ3) is 3.38. The van der Waals surface area contributed by atoms with E-state index in [2.05, 4.69) is 29.4 Å². The molecule has 2 nitrogen and oxygen atoms in total. The number of aromatic nitrogens is 1. The topological polar surface area (TPSA) is 24.9 Å². The van der Waals surface area contributed by atoms with Gasteiger partial charge < -0.3 is 5.32 Å². The van der Waals surface area contributed by atoms with Gasteiger partial charge in [0.15, 0.2) is 0 Å². The number of pyridine rings is 1. The van der Waals surface area contributed by atoms with Gasteiger partial charge in [-0.3, -0.25) is 4.98 Å². The van der Waals surface area contributed by atoms with Crippen LogP contribution in [0.5, 0.6) is 0 Å². The highest BCUT2D eigenvalue weighted by atomic mass is 19.1. The first-order chi connectivity index (χ1) is 9.22. The summed E-state index contributed by atoms with van der Waals surface area (Å²) in [6, 6.07) is 11.2. The highest BCUT2D eigenvalue weighted by Crippen LogP contribution is 2.20. The largest absolute Gasteiger partial charge is 0.309 e. The van der Waals surface area contributed by atoms with Crippen LogP contribution in [0.25, 0.3) is 0 Å². The zero-order valence-electron chi connectivity index (χ0n) is 11.4. The summed E-state index contributed by atoms with van der Waals surface area (Å²) in [6.07, 6.45) is 2.38. The Bertz CT molecular complexity index is 540. The molecule has 1 atom stereocenters. The number of aryl methyl sites for hydroxylation is 1. The summed E-state index contributed by atoms with van der Waals surface area (Å²) in [6.45, 7) is 4.88. The van der Waals surface area contributed by atoms with Gasteiger partial charge in [0.2, 0.25) is 0 Å². The van der Waals surface area contributed by atoms with Crippen LogP contribution in [-0.2, 0) is 6.42 Å². The zero-order chi connectivity index (χ0) is 13.7. The van der Waals surface area contributed by atoms with Crippen molar-refractivity contribution in [3.8, 4) is 0 Å². The highest BCUT2D eigenvalue weighted by molar-refractivity contribution is 5.28. The van der Waals surface area contributed by atoms with E-state index in [0.717, 1.165) is 13.0 Å². The molecule has 1 aromatic heterocycles. The first kappa shape index (κ1) is 13.7. The molecule has 0 aliphatic rings. The van der Waals surface area contributed by atoms with Crippen molar-refractivity contribution in [2.45, 2.75) is 26.3 Å². The van der Waals surface area contributed by atoms with Crippen molar-refractivity contribution in [2.24, 2.45) is 0 Å². The number of rotatable bonds is 5. The number of hydrogen-bond acceptors (Lipinski definition) is 2. The Morgan fingerprint density at radius 1 is 1.21 bits per heavy atom. The molecule has 0 saturated heterocycles. The standard InChI is InChI=1S/C16H19FN2/c1-3-18-15(16-14(17)9-6-10-19-16)11-13-8-5-4-7-12(13)2/h4-10,15,18H,3,11H2,1-2H3. The second kappa shape index (κ2) is 6.43. The van der Waals surface area contributed by atoms with Crippen LogP contribution >= 0.6 is 0 Å². The van der Waals surface area contributed by atoms with E-state index >= 15 is 0 Å². The van der Waals surface area contributed by atoms with Gasteiger partial charge in [-0.1, -0.05) is 31.2 Å². The maximum atomic E-state index is 13.9. The van der Waals surface area contributed by atoms with Crippen LogP contribution in [0.1, 0.15) is 29.8 Å². The molecule has 2 rings (SSSR count). The molecular formula is C16H19FN2. The summed E-state index contributed by atoms with van der Waals surface area (Å²) in [5, 5.41) is 3.31. The van der Waals surface area contributed by atoms with E-state index in [9.17, 15) is 4.39 Å². The average molecular weight is 258 g/mol. The lowest BCUT2D eigenvalue weighted by Gasteiger charge is -2.19. The van der Waals surface area contributed by atoms with E-state index in [1.807, 2.05) is 19.1 Å². The van der Waals surface area contributed by atoms with Gasteiger partial charge in [-0.2, -0.15) is 0 Å². The first-order valence-corrected chi connectivity index (χ1v) is 6.60. The Balaban J connectivity index is 2.27. The molecule has 0 aliphatic carbocycles. The number of nitrogens with zero attached hydrogens (tertiary/aromatic N) is 1. The molecule has 2 aromatic rings. The number of nitrogens with one attached hydrogen (secondary N) is 1. The second-order valence-electron chi connectivity index (χ2n) is 4.61. The molecule has 0 amide bonds. The number of halogens is 1. The number of benzene rings is 1. The monoisotopic (exact) mass is 258 g/mol. The maximum absolute atomic E-state index is 13.9. The van der Waals surface area contributed by atoms with Crippen molar-refractivity contribution in [1.29, 1.82) is 0 Å². The molecule has 0 bridgehead atoms. The van der Waals surface area contributed by atoms with Gasteiger partial charge in [-0.25, -0.2) is 4.39 Å². The van der Waals surface area contributed by atoms with Crippen LogP contribution in [0.15, 0.2) is 42.6 Å². The normalized spacial score (nSPS) is 12.4. The maximum Gasteiger partial charge on any atom is 0.146 e. The van der Waals surface area contributed by atoms with E-state index < -0.39 is 0 Å². The third-order valence-corrected chi connectivity index (χ3v) is 3.25. The van der Waals surface area contributed by atoms with E-state index in [0.29, 0.717) is 5.69 Å². The van der Waals surface area contributed by atoms with Gasteiger partial charge in [-0.15, -0.1) is 0 Å². The van der Waals surface area contributed by atoms with Crippen LogP contribution in [0.3, 0.4) is 0 Å². The minimum Gasteiger partial charge on any atom is -0.309 e. The molecule has 0 saturated carbocycles. The first-order valence-electron chi connectivity index (χ1n) is 6.60. The summed E-state index contributed by atoms with van der Waals surface area (Å²) < 4.78 is 13.9. The summed E-state index contributed by atoms with van der Waals surface area (Å²) in [5.74, 6) is -0.248. The van der Waals surface area contributed by atoms with Crippen molar-refractivity contribution in [2.75, 3.05) is 6.54 Å². The van der Waals surface area contributed by atoms with Gasteiger partial charge >= 0.3 is 0 Å². The van der Waals surface area contributed by atoms with E-state index in [1.165, 1.54) is 17.2 Å². The third-order valence-electron chi connectivity index (χ3n) is 3.25. The van der Waals surface area contributed by atoms with Crippen molar-refractivity contribution in [3.05, 3.63) is 65.2 Å². The Kier molecular flexibility index (Phi) is 4.63. The smallest absolute Gasteiger partial charge is 0.146 e. The molecule has 3 heteroatoms. The molecule has 0 radical (unpaired) electrons. The van der Waals surface area contributed by atoms with E-state index in [-0.39, 0.29) is 11.9 Å². The van der Waals surface area contributed by atoms with Crippen molar-refractivity contribution >= 4 is 0 Å². The van der Waals surface area contributed by atoms with Gasteiger partial charge in [0, 0.05) is 6.20 Å². The molecule has 0 aliphatic heterocycles. The Labute approximate surface area is 113 Å². The molecule has 0 fully saturated rings. The van der Waals surface area contributed by atoms with Crippen LogP contribution in [0.2, 0.25) is 0 Å². The predicted molar refractivity (Wildman–Crippen MR) is 75.5 cm³/mol. The fourth-order valence-electron chi connectivity index (χ4n) is 2.23. The highest BCUT2D eigenvalue weighted by Gasteiger charge is 2.17. The van der Waals surface area contributed by atoms with E-state index in [1.54, 1.807) is 12.3 Å². The molecule has 19 heavy (non-hydrogen) atoms. The summed E-state index contributed by atoms with van der Waals surface area (Å²) in [7, 11) is 0. The van der Waals surface area contributed by atoms with Gasteiger partial charge in [0.25, 0.3) is 0 Å². The quantitative estimate of drug-likeness (QED) is 0.888. The molecule has 1 unspecified atom stereocenters. The SMILES string of the molecule is CCNC(Cc1ccccc1C)c1ncccc1F. The minimum atomic E-state index is -0.248. The van der Waals surface area contributed by atoms with Gasteiger partial charge in [0.1, 0.15) is 5.82 Å². The van der Waals surface area contributed by atoms with Gasteiger partial charge in [-0.05, 0) is 43.1 Å². The predicted octanol–water partition coefficient (Wildman–Crippen LogP) is 3.42. The zero-order valence-corrected chi connectivity index (χ0v) is 11.4. The van der Waals surface area contributed by atoms with E-state index in [4.69, 9.17) is 0 Å². The molecule has 1 heterocycles. The van der Waals surface area contributed by atoms with Crippen molar-refractivity contribution in [3.63, 3.8) is 0 Å². The lowest BCUT2D eigenvalue weighted by atomic mass is 9.98. The van der Waals surface area contributed by atoms with Crippen LogP contribution in [-0.4, -0.2) is 11.5 Å². The van der Waals surface area contributed by atoms with Crippen LogP contribution in [0, 0.1) is 12.7 Å². The summed E-state index contributed by atoms with van der Waals surface area (Å²) >= 11 is 0. The van der Waals surface area contributed by atoms with Crippen molar-refractivity contribution < 1.29 is 4.39 Å². The molecular weight excluding hydrogens is 239 g/mol. The Morgan fingerprint density at radius 2 is 2.00 bits per heavy atom. The van der Waals surface area contributed by atoms with Crippen LogP contribution in [0.4, 0.5) is 4.39 Å². The number of hydrogen-bond donors (Lipinski definition) is 1. The summed E-state index contributed by atoms with van der Waals surface area (Å²) in [4.78, 5) is 4.19. The second-order valence-corrected chi connectivity index (χ2v) is 4.61. The average Bonchev–Trinajstić information content (AvgIpc) is 2.41. The fourth-order valence-corrected chi connectivity index (χ4v) is 2.23. The minimum absolute atomic E-state index is 0.0905. The molecule has 100 valence electrons. The summed E-state index contributed by atoms with van der Waals surface area (Å²) in [5.41, 5.74) is 2.94. The molecule has 1 N–H and O–H groups in total.